The molecule has 0 atom stereocenters. The summed E-state index contributed by atoms with van der Waals surface area (Å²) in [5.41, 5.74) is 4.11. The number of anilines is 2. The first kappa shape index (κ1) is 22.4. The molecule has 3 rings (SSSR count). The van der Waals surface area contributed by atoms with Crippen LogP contribution in [0.4, 0.5) is 11.4 Å². The summed E-state index contributed by atoms with van der Waals surface area (Å²) in [4.78, 5) is 13.0. The van der Waals surface area contributed by atoms with Gasteiger partial charge in [-0.2, -0.15) is 0 Å². The van der Waals surface area contributed by atoms with Crippen molar-refractivity contribution in [3.63, 3.8) is 0 Å². The number of hydrogen-bond acceptors (Lipinski definition) is 4. The second-order valence-corrected chi connectivity index (χ2v) is 9.36. The van der Waals surface area contributed by atoms with Crippen molar-refractivity contribution < 1.29 is 17.9 Å². The van der Waals surface area contributed by atoms with Crippen molar-refractivity contribution in [2.45, 2.75) is 25.7 Å². The van der Waals surface area contributed by atoms with Gasteiger partial charge in [0.25, 0.3) is 15.9 Å². The minimum Gasteiger partial charge on any atom is -0.495 e. The summed E-state index contributed by atoms with van der Waals surface area (Å²) in [6.45, 7) is 5.67. The van der Waals surface area contributed by atoms with Gasteiger partial charge in [-0.15, -0.1) is 0 Å². The zero-order valence-corrected chi connectivity index (χ0v) is 19.1. The van der Waals surface area contributed by atoms with Gasteiger partial charge in [-0.05, 0) is 62.2 Å². The Balaban J connectivity index is 1.96. The fourth-order valence-electron chi connectivity index (χ4n) is 3.33. The normalized spacial score (nSPS) is 11.1. The standard InChI is InChI=1S/C24H26N2O4S/c1-16-10-13-21(18(3)14-16)25-24(27)20-15-19(12-11-17(20)2)31(28,29)26(4)22-8-6-7-9-23(22)30-5/h6-15H,1-5H3,(H,25,27). The molecule has 1 amide bonds. The molecule has 3 aromatic carbocycles. The van der Waals surface area contributed by atoms with Gasteiger partial charge in [-0.1, -0.05) is 35.9 Å². The van der Waals surface area contributed by atoms with Crippen LogP contribution in [-0.2, 0) is 10.0 Å². The smallest absolute Gasteiger partial charge is 0.264 e. The van der Waals surface area contributed by atoms with E-state index in [1.807, 2.05) is 32.0 Å². The van der Waals surface area contributed by atoms with Crippen LogP contribution in [0.2, 0.25) is 0 Å². The maximum absolute atomic E-state index is 13.3. The van der Waals surface area contributed by atoms with Gasteiger partial charge < -0.3 is 10.1 Å². The van der Waals surface area contributed by atoms with E-state index in [-0.39, 0.29) is 10.8 Å². The summed E-state index contributed by atoms with van der Waals surface area (Å²) in [5, 5.41) is 2.89. The van der Waals surface area contributed by atoms with Gasteiger partial charge in [0.1, 0.15) is 5.75 Å². The largest absolute Gasteiger partial charge is 0.495 e. The highest BCUT2D eigenvalue weighted by molar-refractivity contribution is 7.92. The summed E-state index contributed by atoms with van der Waals surface area (Å²) in [5.74, 6) is 0.0787. The molecule has 0 aliphatic rings. The molecule has 6 nitrogen and oxygen atoms in total. The second kappa shape index (κ2) is 8.81. The van der Waals surface area contributed by atoms with Gasteiger partial charge in [0.05, 0.1) is 17.7 Å². The molecule has 0 bridgehead atoms. The zero-order chi connectivity index (χ0) is 22.8. The predicted molar refractivity (Wildman–Crippen MR) is 124 cm³/mol. The lowest BCUT2D eigenvalue weighted by molar-refractivity contribution is 0.102. The molecule has 0 fully saturated rings. The third-order valence-corrected chi connectivity index (χ3v) is 6.93. The lowest BCUT2D eigenvalue weighted by Gasteiger charge is -2.22. The monoisotopic (exact) mass is 438 g/mol. The summed E-state index contributed by atoms with van der Waals surface area (Å²) in [6.07, 6.45) is 0. The minimum absolute atomic E-state index is 0.0253. The molecule has 0 unspecified atom stereocenters. The van der Waals surface area contributed by atoms with Gasteiger partial charge in [-0.3, -0.25) is 9.10 Å². The van der Waals surface area contributed by atoms with E-state index in [2.05, 4.69) is 5.32 Å². The van der Waals surface area contributed by atoms with E-state index >= 15 is 0 Å². The number of benzene rings is 3. The topological polar surface area (TPSA) is 75.7 Å². The summed E-state index contributed by atoms with van der Waals surface area (Å²) >= 11 is 0. The van der Waals surface area contributed by atoms with Crippen molar-refractivity contribution in [3.05, 3.63) is 82.9 Å². The van der Waals surface area contributed by atoms with Crippen LogP contribution in [0.3, 0.4) is 0 Å². The van der Waals surface area contributed by atoms with Gasteiger partial charge >= 0.3 is 0 Å². The molecule has 0 aromatic heterocycles. The van der Waals surface area contributed by atoms with Crippen LogP contribution in [0.15, 0.2) is 65.6 Å². The van der Waals surface area contributed by atoms with Crippen molar-refractivity contribution >= 4 is 27.3 Å². The van der Waals surface area contributed by atoms with Crippen molar-refractivity contribution in [1.29, 1.82) is 0 Å². The van der Waals surface area contributed by atoms with Crippen molar-refractivity contribution in [2.75, 3.05) is 23.8 Å². The first-order valence-corrected chi connectivity index (χ1v) is 11.2. The molecule has 31 heavy (non-hydrogen) atoms. The van der Waals surface area contributed by atoms with Crippen LogP contribution >= 0.6 is 0 Å². The molecule has 0 spiro atoms. The number of carbonyl (C=O) groups excluding carboxylic acids is 1. The average molecular weight is 439 g/mol. The number of carbonyl (C=O) groups is 1. The minimum atomic E-state index is -3.91. The quantitative estimate of drug-likeness (QED) is 0.605. The number of rotatable bonds is 6. The van der Waals surface area contributed by atoms with Crippen LogP contribution in [0.1, 0.15) is 27.0 Å². The Hall–Kier alpha value is -3.32. The molecule has 0 aliphatic heterocycles. The highest BCUT2D eigenvalue weighted by atomic mass is 32.2. The number of methoxy groups -OCH3 is 1. The number of sulfonamides is 1. The Morgan fingerprint density at radius 2 is 1.65 bits per heavy atom. The molecule has 0 saturated heterocycles. The van der Waals surface area contributed by atoms with E-state index in [1.165, 1.54) is 26.3 Å². The molecule has 1 N–H and O–H groups in total. The fourth-order valence-corrected chi connectivity index (χ4v) is 4.56. The molecular weight excluding hydrogens is 412 g/mol. The summed E-state index contributed by atoms with van der Waals surface area (Å²) in [6, 6.07) is 17.2. The highest BCUT2D eigenvalue weighted by Gasteiger charge is 2.25. The van der Waals surface area contributed by atoms with Crippen LogP contribution in [0.5, 0.6) is 5.75 Å². The molecule has 0 radical (unpaired) electrons. The van der Waals surface area contributed by atoms with E-state index in [9.17, 15) is 13.2 Å². The Kier molecular flexibility index (Phi) is 6.36. The van der Waals surface area contributed by atoms with Crippen LogP contribution in [-0.4, -0.2) is 28.5 Å². The number of nitrogens with zero attached hydrogens (tertiary/aromatic N) is 1. The predicted octanol–water partition coefficient (Wildman–Crippen LogP) is 4.70. The van der Waals surface area contributed by atoms with Gasteiger partial charge in [0.15, 0.2) is 0 Å². The van der Waals surface area contributed by atoms with E-state index in [0.717, 1.165) is 15.4 Å². The number of hydrogen-bond donors (Lipinski definition) is 1. The van der Waals surface area contributed by atoms with Crippen LogP contribution < -0.4 is 14.4 Å². The molecule has 3 aromatic rings. The zero-order valence-electron chi connectivity index (χ0n) is 18.3. The van der Waals surface area contributed by atoms with Gasteiger partial charge in [0.2, 0.25) is 0 Å². The van der Waals surface area contributed by atoms with E-state index in [0.29, 0.717) is 28.3 Å². The van der Waals surface area contributed by atoms with Gasteiger partial charge in [-0.25, -0.2) is 8.42 Å². The Morgan fingerprint density at radius 1 is 0.935 bits per heavy atom. The van der Waals surface area contributed by atoms with E-state index < -0.39 is 10.0 Å². The third-order valence-electron chi connectivity index (χ3n) is 5.17. The summed E-state index contributed by atoms with van der Waals surface area (Å²) < 4.78 is 33.0. The highest BCUT2D eigenvalue weighted by Crippen LogP contribution is 2.31. The van der Waals surface area contributed by atoms with Crippen molar-refractivity contribution in [3.8, 4) is 5.75 Å². The molecule has 0 heterocycles. The van der Waals surface area contributed by atoms with Crippen molar-refractivity contribution in [1.82, 2.24) is 0 Å². The molecule has 0 aliphatic carbocycles. The lowest BCUT2D eigenvalue weighted by atomic mass is 10.1. The number of ether oxygens (including phenoxy) is 1. The number of amides is 1. The molecular formula is C24H26N2O4S. The van der Waals surface area contributed by atoms with Crippen LogP contribution in [0, 0.1) is 20.8 Å². The fraction of sp³-hybridized carbons (Fsp3) is 0.208. The third kappa shape index (κ3) is 4.56. The van der Waals surface area contributed by atoms with Gasteiger partial charge in [0, 0.05) is 18.3 Å². The SMILES string of the molecule is COc1ccccc1N(C)S(=O)(=O)c1ccc(C)c(C(=O)Nc2ccc(C)cc2C)c1. The maximum atomic E-state index is 13.3. The van der Waals surface area contributed by atoms with E-state index in [1.54, 1.807) is 37.3 Å². The summed E-state index contributed by atoms with van der Waals surface area (Å²) in [7, 11) is -0.963. The number of aryl methyl sites for hydroxylation is 3. The molecule has 0 saturated carbocycles. The number of para-hydroxylation sites is 2. The molecule has 7 heteroatoms. The average Bonchev–Trinajstić information content (AvgIpc) is 2.75. The second-order valence-electron chi connectivity index (χ2n) is 7.39. The van der Waals surface area contributed by atoms with E-state index in [4.69, 9.17) is 4.74 Å². The Bertz CT molecular complexity index is 1240. The van der Waals surface area contributed by atoms with Crippen molar-refractivity contribution in [2.24, 2.45) is 0 Å². The first-order valence-electron chi connectivity index (χ1n) is 9.76. The Morgan fingerprint density at radius 3 is 2.32 bits per heavy atom. The lowest BCUT2D eigenvalue weighted by Crippen LogP contribution is -2.27. The molecule has 162 valence electrons. The Labute approximate surface area is 183 Å². The number of nitrogens with one attached hydrogen (secondary N) is 1. The first-order chi connectivity index (χ1) is 14.6. The van der Waals surface area contributed by atoms with Crippen LogP contribution in [0.25, 0.3) is 0 Å². The maximum Gasteiger partial charge on any atom is 0.264 e.